The van der Waals surface area contributed by atoms with E-state index in [9.17, 15) is 14.0 Å². The van der Waals surface area contributed by atoms with Crippen molar-refractivity contribution in [3.05, 3.63) is 41.7 Å². The van der Waals surface area contributed by atoms with Gasteiger partial charge in [-0.15, -0.1) is 0 Å². The Labute approximate surface area is 155 Å². The van der Waals surface area contributed by atoms with Crippen molar-refractivity contribution in [2.45, 2.75) is 39.1 Å². The van der Waals surface area contributed by atoms with Gasteiger partial charge in [-0.2, -0.15) is 0 Å². The lowest BCUT2D eigenvalue weighted by Crippen LogP contribution is -2.48. The van der Waals surface area contributed by atoms with Gasteiger partial charge >= 0.3 is 6.09 Å². The Morgan fingerprint density at radius 2 is 1.93 bits per heavy atom. The number of imide groups is 1. The molecule has 2 heterocycles. The van der Waals surface area contributed by atoms with Crippen LogP contribution in [0.15, 0.2) is 35.0 Å². The van der Waals surface area contributed by atoms with E-state index in [1.807, 2.05) is 0 Å². The highest BCUT2D eigenvalue weighted by molar-refractivity contribution is 6.18. The molecule has 2 amide bonds. The molecule has 3 rings (SSSR count). The van der Waals surface area contributed by atoms with Crippen molar-refractivity contribution >= 4 is 17.7 Å². The molecule has 1 aliphatic heterocycles. The van der Waals surface area contributed by atoms with Crippen LogP contribution >= 0.6 is 0 Å². The van der Waals surface area contributed by atoms with Crippen LogP contribution in [0.4, 0.5) is 14.9 Å². The fourth-order valence-corrected chi connectivity index (χ4v) is 2.62. The molecule has 0 atom stereocenters. The fraction of sp³-hybridized carbons (Fsp3) is 0.444. The summed E-state index contributed by atoms with van der Waals surface area (Å²) in [5.41, 5.74) is -0.315. The maximum Gasteiger partial charge on any atom is 0.422 e. The summed E-state index contributed by atoms with van der Waals surface area (Å²) in [5.74, 6) is -0.718. The molecule has 0 unspecified atom stereocenters. The summed E-state index contributed by atoms with van der Waals surface area (Å²) in [7, 11) is 0. The van der Waals surface area contributed by atoms with Crippen LogP contribution in [0.1, 0.15) is 37.0 Å². The van der Waals surface area contributed by atoms with Gasteiger partial charge < -0.3 is 4.74 Å². The third-order valence-corrected chi connectivity index (χ3v) is 3.84. The molecule has 0 spiro atoms. The van der Waals surface area contributed by atoms with Gasteiger partial charge in [-0.1, -0.05) is 23.4 Å². The Morgan fingerprint density at radius 1 is 1.26 bits per heavy atom. The van der Waals surface area contributed by atoms with Crippen LogP contribution in [-0.4, -0.2) is 52.1 Å². The van der Waals surface area contributed by atoms with Gasteiger partial charge in [-0.05, 0) is 38.1 Å². The first-order valence-corrected chi connectivity index (χ1v) is 8.55. The average Bonchev–Trinajstić information content (AvgIpc) is 3.01. The van der Waals surface area contributed by atoms with Gasteiger partial charge in [0, 0.05) is 19.6 Å². The lowest BCUT2D eigenvalue weighted by atomic mass is 10.1. The van der Waals surface area contributed by atoms with Crippen molar-refractivity contribution in [3.63, 3.8) is 0 Å². The number of hydrogen-bond acceptors (Lipinski definition) is 7. The fourth-order valence-electron chi connectivity index (χ4n) is 2.62. The zero-order valence-electron chi connectivity index (χ0n) is 15.4. The second kappa shape index (κ2) is 7.43. The Morgan fingerprint density at radius 3 is 2.52 bits per heavy atom. The van der Waals surface area contributed by atoms with Crippen molar-refractivity contribution in [3.8, 4) is 0 Å². The molecule has 2 aromatic rings. The zero-order valence-corrected chi connectivity index (χ0v) is 15.4. The number of hydrogen-bond donors (Lipinski definition) is 0. The number of halogens is 1. The summed E-state index contributed by atoms with van der Waals surface area (Å²) in [5, 5.41) is 7.41. The first-order chi connectivity index (χ1) is 12.7. The number of ether oxygens (including phenoxy) is 1. The highest BCUT2D eigenvalue weighted by Crippen LogP contribution is 2.22. The molecule has 1 fully saturated rings. The third-order valence-electron chi connectivity index (χ3n) is 3.84. The van der Waals surface area contributed by atoms with Gasteiger partial charge in [0.2, 0.25) is 0 Å². The Hall–Kier alpha value is -2.81. The smallest absolute Gasteiger partial charge is 0.422 e. The number of anilines is 1. The summed E-state index contributed by atoms with van der Waals surface area (Å²) >= 11 is 0. The molecule has 9 heteroatoms. The lowest BCUT2D eigenvalue weighted by molar-refractivity contribution is 0.0557. The van der Waals surface area contributed by atoms with E-state index in [2.05, 4.69) is 10.3 Å². The first kappa shape index (κ1) is 19.0. The molecule has 1 aliphatic rings. The number of para-hydroxylation sites is 1. The van der Waals surface area contributed by atoms with E-state index in [1.165, 1.54) is 0 Å². The summed E-state index contributed by atoms with van der Waals surface area (Å²) in [6.45, 7) is 5.85. The van der Waals surface area contributed by atoms with Gasteiger partial charge in [0.15, 0.2) is 5.69 Å². The standard InChI is InChI=1S/C18H21FN4O4/c1-18(2,3)26-17(25)23(13-7-5-4-6-8-13)16(24)15-14(20-27-21-15)11-22-9-12(19)10-22/h4-8,12H,9-11H2,1-3H3. The Kier molecular flexibility index (Phi) is 5.22. The predicted octanol–water partition coefficient (Wildman–Crippen LogP) is 2.81. The normalized spacial score (nSPS) is 15.3. The van der Waals surface area contributed by atoms with E-state index in [-0.39, 0.29) is 31.0 Å². The Balaban J connectivity index is 1.87. The van der Waals surface area contributed by atoms with Crippen LogP contribution in [0, 0.1) is 0 Å². The Bertz CT molecular complexity index is 812. The van der Waals surface area contributed by atoms with Crippen molar-refractivity contribution in [2.75, 3.05) is 18.0 Å². The van der Waals surface area contributed by atoms with Crippen molar-refractivity contribution in [1.82, 2.24) is 15.2 Å². The predicted molar refractivity (Wildman–Crippen MR) is 94.0 cm³/mol. The molecule has 1 saturated heterocycles. The maximum absolute atomic E-state index is 13.1. The van der Waals surface area contributed by atoms with Crippen LogP contribution in [-0.2, 0) is 11.3 Å². The first-order valence-electron chi connectivity index (χ1n) is 8.55. The van der Waals surface area contributed by atoms with Gasteiger partial charge in [0.05, 0.1) is 5.69 Å². The number of carbonyl (C=O) groups is 2. The van der Waals surface area contributed by atoms with Gasteiger partial charge in [0.25, 0.3) is 5.91 Å². The van der Waals surface area contributed by atoms with Crippen LogP contribution < -0.4 is 4.90 Å². The number of rotatable bonds is 4. The van der Waals surface area contributed by atoms with Crippen LogP contribution in [0.3, 0.4) is 0 Å². The molecule has 144 valence electrons. The van der Waals surface area contributed by atoms with Crippen LogP contribution in [0.5, 0.6) is 0 Å². The van der Waals surface area contributed by atoms with E-state index in [0.717, 1.165) is 4.90 Å². The summed E-state index contributed by atoms with van der Waals surface area (Å²) in [6, 6.07) is 8.38. The largest absolute Gasteiger partial charge is 0.443 e. The van der Waals surface area contributed by atoms with E-state index in [0.29, 0.717) is 5.69 Å². The monoisotopic (exact) mass is 376 g/mol. The minimum Gasteiger partial charge on any atom is -0.443 e. The SMILES string of the molecule is CC(C)(C)OC(=O)N(C(=O)c1nonc1CN1CC(F)C1)c1ccccc1. The van der Waals surface area contributed by atoms with E-state index >= 15 is 0 Å². The zero-order chi connectivity index (χ0) is 19.6. The van der Waals surface area contributed by atoms with Gasteiger partial charge in [-0.3, -0.25) is 9.69 Å². The molecule has 0 N–H and O–H groups in total. The number of amides is 2. The number of alkyl halides is 1. The van der Waals surface area contributed by atoms with Crippen molar-refractivity contribution in [1.29, 1.82) is 0 Å². The molecule has 0 saturated carbocycles. The quantitative estimate of drug-likeness (QED) is 0.810. The van der Waals surface area contributed by atoms with Gasteiger partial charge in [-0.25, -0.2) is 18.7 Å². The molecular formula is C18H21FN4O4. The van der Waals surface area contributed by atoms with Crippen LogP contribution in [0.2, 0.25) is 0 Å². The van der Waals surface area contributed by atoms with Crippen LogP contribution in [0.25, 0.3) is 0 Å². The number of carbonyl (C=O) groups excluding carboxylic acids is 2. The molecular weight excluding hydrogens is 355 g/mol. The summed E-state index contributed by atoms with van der Waals surface area (Å²) in [4.78, 5) is 28.4. The molecule has 0 radical (unpaired) electrons. The molecule has 0 aliphatic carbocycles. The molecule has 1 aromatic carbocycles. The molecule has 1 aromatic heterocycles. The molecule has 8 nitrogen and oxygen atoms in total. The van der Waals surface area contributed by atoms with Gasteiger partial charge in [0.1, 0.15) is 17.5 Å². The van der Waals surface area contributed by atoms with Crippen molar-refractivity contribution < 1.29 is 23.3 Å². The second-order valence-corrected chi connectivity index (χ2v) is 7.31. The third kappa shape index (κ3) is 4.48. The topological polar surface area (TPSA) is 88.8 Å². The minimum absolute atomic E-state index is 0.105. The second-order valence-electron chi connectivity index (χ2n) is 7.31. The number of nitrogens with zero attached hydrogens (tertiary/aromatic N) is 4. The van der Waals surface area contributed by atoms with Crippen molar-refractivity contribution in [2.24, 2.45) is 0 Å². The van der Waals surface area contributed by atoms with E-state index < -0.39 is 23.8 Å². The number of likely N-dealkylation sites (tertiary alicyclic amines) is 1. The lowest BCUT2D eigenvalue weighted by Gasteiger charge is -2.33. The highest BCUT2D eigenvalue weighted by atomic mass is 19.1. The molecule has 0 bridgehead atoms. The number of aromatic nitrogens is 2. The summed E-state index contributed by atoms with van der Waals surface area (Å²) < 4.78 is 23.1. The average molecular weight is 376 g/mol. The summed E-state index contributed by atoms with van der Waals surface area (Å²) in [6.07, 6.45) is -1.72. The molecule has 27 heavy (non-hydrogen) atoms. The van der Waals surface area contributed by atoms with E-state index in [4.69, 9.17) is 9.37 Å². The van der Waals surface area contributed by atoms with E-state index in [1.54, 1.807) is 56.0 Å². The maximum atomic E-state index is 13.1. The number of benzene rings is 1. The minimum atomic E-state index is -0.883. The highest BCUT2D eigenvalue weighted by Gasteiger charge is 2.35.